The summed E-state index contributed by atoms with van der Waals surface area (Å²) in [5.74, 6) is 0. The van der Waals surface area contributed by atoms with Crippen LogP contribution in [0, 0.1) is 11.3 Å². The van der Waals surface area contributed by atoms with Gasteiger partial charge in [0.15, 0.2) is 0 Å². The number of anilines is 1. The molecule has 20 heavy (non-hydrogen) atoms. The molecule has 0 aliphatic rings. The van der Waals surface area contributed by atoms with Gasteiger partial charge in [-0.3, -0.25) is 0 Å². The molecule has 2 aromatic rings. The zero-order chi connectivity index (χ0) is 14.7. The first-order valence-corrected chi connectivity index (χ1v) is 7.09. The number of hydrogen-bond acceptors (Lipinski definition) is 2. The Labute approximate surface area is 136 Å². The van der Waals surface area contributed by atoms with Gasteiger partial charge < -0.3 is 5.32 Å². The van der Waals surface area contributed by atoms with Gasteiger partial charge in [0.1, 0.15) is 6.04 Å². The van der Waals surface area contributed by atoms with Gasteiger partial charge in [-0.15, -0.1) is 0 Å². The summed E-state index contributed by atoms with van der Waals surface area (Å²) in [7, 11) is 0. The Kier molecular flexibility index (Phi) is 5.01. The van der Waals surface area contributed by atoms with Gasteiger partial charge in [0.2, 0.25) is 0 Å². The minimum Gasteiger partial charge on any atom is -0.364 e. The molecule has 0 aliphatic heterocycles. The highest BCUT2D eigenvalue weighted by molar-refractivity contribution is 6.39. The van der Waals surface area contributed by atoms with Crippen molar-refractivity contribution in [3.8, 4) is 6.07 Å². The van der Waals surface area contributed by atoms with Crippen LogP contribution < -0.4 is 5.32 Å². The van der Waals surface area contributed by atoms with E-state index in [-0.39, 0.29) is 0 Å². The van der Waals surface area contributed by atoms with Crippen molar-refractivity contribution < 1.29 is 0 Å². The second kappa shape index (κ2) is 6.56. The first-order valence-electron chi connectivity index (χ1n) is 5.58. The summed E-state index contributed by atoms with van der Waals surface area (Å²) in [4.78, 5) is 0. The van der Waals surface area contributed by atoms with Gasteiger partial charge in [-0.05, 0) is 24.3 Å². The van der Waals surface area contributed by atoms with E-state index < -0.39 is 6.04 Å². The molecule has 2 nitrogen and oxygen atoms in total. The van der Waals surface area contributed by atoms with E-state index in [0.717, 1.165) is 0 Å². The molecule has 0 saturated carbocycles. The predicted octanol–water partition coefficient (Wildman–Crippen LogP) is 5.98. The SMILES string of the molecule is N#CC(Nc1c(Cl)cccc1Cl)c1ccc(Cl)cc1Cl. The van der Waals surface area contributed by atoms with E-state index in [2.05, 4.69) is 11.4 Å². The Morgan fingerprint density at radius 3 is 2.15 bits per heavy atom. The molecule has 6 heteroatoms. The largest absolute Gasteiger partial charge is 0.364 e. The monoisotopic (exact) mass is 344 g/mol. The number of nitrogens with one attached hydrogen (secondary N) is 1. The van der Waals surface area contributed by atoms with Crippen LogP contribution in [0.25, 0.3) is 0 Å². The van der Waals surface area contributed by atoms with Crippen LogP contribution in [0.4, 0.5) is 5.69 Å². The summed E-state index contributed by atoms with van der Waals surface area (Å²) in [6, 6.07) is 11.5. The fourth-order valence-corrected chi connectivity index (χ4v) is 2.72. The van der Waals surface area contributed by atoms with Gasteiger partial charge in [0.05, 0.1) is 21.8 Å². The summed E-state index contributed by atoms with van der Waals surface area (Å²) < 4.78 is 0. The Hall–Kier alpha value is -1.11. The lowest BCUT2D eigenvalue weighted by molar-refractivity contribution is 0.998. The third kappa shape index (κ3) is 3.31. The van der Waals surface area contributed by atoms with Gasteiger partial charge >= 0.3 is 0 Å². The standard InChI is InChI=1S/C14H8Cl4N2/c15-8-4-5-9(12(18)6-8)13(7-19)20-14-10(16)2-1-3-11(14)17/h1-6,13,20H. The van der Waals surface area contributed by atoms with E-state index >= 15 is 0 Å². The minimum atomic E-state index is -0.683. The van der Waals surface area contributed by atoms with Crippen molar-refractivity contribution in [3.63, 3.8) is 0 Å². The normalized spacial score (nSPS) is 11.8. The highest BCUT2D eigenvalue weighted by Crippen LogP contribution is 2.34. The molecule has 0 aliphatic carbocycles. The number of rotatable bonds is 3. The van der Waals surface area contributed by atoms with Crippen LogP contribution in [-0.2, 0) is 0 Å². The number of nitriles is 1. The summed E-state index contributed by atoms with van der Waals surface area (Å²) in [5, 5.41) is 14.1. The lowest BCUT2D eigenvalue weighted by Gasteiger charge is -2.17. The lowest BCUT2D eigenvalue weighted by Crippen LogP contribution is -2.09. The Morgan fingerprint density at radius 1 is 0.950 bits per heavy atom. The molecule has 1 atom stereocenters. The van der Waals surface area contributed by atoms with Gasteiger partial charge in [0.25, 0.3) is 0 Å². The number of nitrogens with zero attached hydrogens (tertiary/aromatic N) is 1. The third-order valence-corrected chi connectivity index (χ3v) is 3.85. The maximum Gasteiger partial charge on any atom is 0.141 e. The van der Waals surface area contributed by atoms with Crippen molar-refractivity contribution in [2.45, 2.75) is 6.04 Å². The molecule has 0 heterocycles. The van der Waals surface area contributed by atoms with Gasteiger partial charge in [-0.25, -0.2) is 0 Å². The first-order chi connectivity index (χ1) is 9.52. The van der Waals surface area contributed by atoms with Crippen molar-refractivity contribution in [1.82, 2.24) is 0 Å². The van der Waals surface area contributed by atoms with Crippen molar-refractivity contribution in [3.05, 3.63) is 62.1 Å². The maximum atomic E-state index is 9.33. The molecule has 0 radical (unpaired) electrons. The fraction of sp³-hybridized carbons (Fsp3) is 0.0714. The molecular weight excluding hydrogens is 338 g/mol. The fourth-order valence-electron chi connectivity index (χ4n) is 1.70. The lowest BCUT2D eigenvalue weighted by atomic mass is 10.1. The number of benzene rings is 2. The van der Waals surface area contributed by atoms with Crippen molar-refractivity contribution in [2.75, 3.05) is 5.32 Å². The summed E-state index contributed by atoms with van der Waals surface area (Å²) in [5.41, 5.74) is 1.10. The molecule has 0 aromatic heterocycles. The summed E-state index contributed by atoms with van der Waals surface area (Å²) in [6.07, 6.45) is 0. The minimum absolute atomic E-state index is 0.403. The van der Waals surface area contributed by atoms with Crippen LogP contribution in [0.3, 0.4) is 0 Å². The van der Waals surface area contributed by atoms with E-state index in [9.17, 15) is 5.26 Å². The zero-order valence-electron chi connectivity index (χ0n) is 10.0. The van der Waals surface area contributed by atoms with E-state index in [1.807, 2.05) is 0 Å². The van der Waals surface area contributed by atoms with Gasteiger partial charge in [0, 0.05) is 15.6 Å². The average Bonchev–Trinajstić information content (AvgIpc) is 2.40. The Bertz CT molecular complexity index is 659. The van der Waals surface area contributed by atoms with Crippen molar-refractivity contribution in [1.29, 1.82) is 5.26 Å². The summed E-state index contributed by atoms with van der Waals surface area (Å²) in [6.45, 7) is 0. The Balaban J connectivity index is 2.37. The average molecular weight is 346 g/mol. The van der Waals surface area contributed by atoms with Crippen LogP contribution in [0.5, 0.6) is 0 Å². The Morgan fingerprint density at radius 2 is 1.60 bits per heavy atom. The van der Waals surface area contributed by atoms with E-state index in [1.54, 1.807) is 36.4 Å². The first kappa shape index (κ1) is 15.3. The molecule has 0 saturated heterocycles. The topological polar surface area (TPSA) is 35.8 Å². The highest BCUT2D eigenvalue weighted by Gasteiger charge is 2.17. The number of hydrogen-bond donors (Lipinski definition) is 1. The molecule has 2 rings (SSSR count). The van der Waals surface area contributed by atoms with Crippen molar-refractivity contribution >= 4 is 52.1 Å². The molecule has 0 bridgehead atoms. The number of para-hydroxylation sites is 1. The second-order valence-electron chi connectivity index (χ2n) is 3.97. The quantitative estimate of drug-likeness (QED) is 0.742. The highest BCUT2D eigenvalue weighted by atomic mass is 35.5. The van der Waals surface area contributed by atoms with Crippen LogP contribution in [0.15, 0.2) is 36.4 Å². The van der Waals surface area contributed by atoms with Crippen LogP contribution in [0.2, 0.25) is 20.1 Å². The summed E-state index contributed by atoms with van der Waals surface area (Å²) >= 11 is 24.1. The molecule has 0 spiro atoms. The molecular formula is C14H8Cl4N2. The second-order valence-corrected chi connectivity index (χ2v) is 5.63. The van der Waals surface area contributed by atoms with Gasteiger partial charge in [-0.2, -0.15) is 5.26 Å². The molecule has 1 unspecified atom stereocenters. The third-order valence-electron chi connectivity index (χ3n) is 2.65. The van der Waals surface area contributed by atoms with E-state index in [4.69, 9.17) is 46.4 Å². The molecule has 2 aromatic carbocycles. The van der Waals surface area contributed by atoms with Crippen molar-refractivity contribution in [2.24, 2.45) is 0 Å². The molecule has 0 amide bonds. The van der Waals surface area contributed by atoms with E-state index in [0.29, 0.717) is 31.3 Å². The van der Waals surface area contributed by atoms with Crippen LogP contribution in [0.1, 0.15) is 11.6 Å². The van der Waals surface area contributed by atoms with E-state index in [1.165, 1.54) is 0 Å². The molecule has 0 fully saturated rings. The van der Waals surface area contributed by atoms with Gasteiger partial charge in [-0.1, -0.05) is 58.5 Å². The van der Waals surface area contributed by atoms with Crippen LogP contribution >= 0.6 is 46.4 Å². The number of halogens is 4. The molecule has 1 N–H and O–H groups in total. The smallest absolute Gasteiger partial charge is 0.141 e. The van der Waals surface area contributed by atoms with Crippen LogP contribution in [-0.4, -0.2) is 0 Å². The zero-order valence-corrected chi connectivity index (χ0v) is 13.0. The predicted molar refractivity (Wildman–Crippen MR) is 84.9 cm³/mol. The molecule has 102 valence electrons. The maximum absolute atomic E-state index is 9.33.